The zero-order valence-corrected chi connectivity index (χ0v) is 23.1. The Bertz CT molecular complexity index is 1500. The van der Waals surface area contributed by atoms with Crippen LogP contribution >= 0.6 is 34.8 Å². The molecule has 0 saturated carbocycles. The third-order valence-corrected chi connectivity index (χ3v) is 8.32. The lowest BCUT2D eigenvalue weighted by atomic mass is 9.95. The SMILES string of the molecule is CS(=O)(=O)C1=NC(C[C@H](NC(=O)c2c(Cl)cc3c(c2Cl)CCN(C(=O)c2ccc(Cl)cc2)C3)C(=O)O)=CC1. The highest BCUT2D eigenvalue weighted by Gasteiger charge is 2.30. The number of carbonyl (C=O) groups is 3. The van der Waals surface area contributed by atoms with E-state index in [2.05, 4.69) is 10.3 Å². The van der Waals surface area contributed by atoms with Gasteiger partial charge in [0.05, 0.1) is 15.6 Å². The van der Waals surface area contributed by atoms with Crippen LogP contribution in [0.15, 0.2) is 47.1 Å². The molecule has 0 saturated heterocycles. The normalized spacial score (nSPS) is 15.8. The Morgan fingerprint density at radius 1 is 1.16 bits per heavy atom. The first-order valence-electron chi connectivity index (χ1n) is 11.4. The number of rotatable bonds is 6. The molecule has 0 spiro atoms. The van der Waals surface area contributed by atoms with Crippen molar-refractivity contribution in [2.24, 2.45) is 4.99 Å². The van der Waals surface area contributed by atoms with Gasteiger partial charge in [0.15, 0.2) is 9.84 Å². The van der Waals surface area contributed by atoms with Crippen molar-refractivity contribution in [1.29, 1.82) is 0 Å². The second kappa shape index (κ2) is 11.1. The lowest BCUT2D eigenvalue weighted by molar-refractivity contribution is -0.139. The monoisotopic (exact) mass is 597 g/mol. The Labute approximate surface area is 234 Å². The third-order valence-electron chi connectivity index (χ3n) is 6.24. The van der Waals surface area contributed by atoms with E-state index < -0.39 is 27.8 Å². The molecule has 2 aromatic rings. The van der Waals surface area contributed by atoms with Crippen LogP contribution in [-0.2, 0) is 27.6 Å². The van der Waals surface area contributed by atoms with Crippen LogP contribution < -0.4 is 5.32 Å². The van der Waals surface area contributed by atoms with Crippen LogP contribution in [0.25, 0.3) is 0 Å². The molecule has 0 aliphatic carbocycles. The predicted molar refractivity (Wildman–Crippen MR) is 145 cm³/mol. The number of nitrogens with one attached hydrogen (secondary N) is 1. The second-order valence-corrected chi connectivity index (χ2v) is 12.2. The van der Waals surface area contributed by atoms with Crippen molar-refractivity contribution in [3.8, 4) is 0 Å². The largest absolute Gasteiger partial charge is 0.480 e. The van der Waals surface area contributed by atoms with E-state index in [-0.39, 0.29) is 51.6 Å². The fraction of sp³-hybridized carbons (Fsp3) is 0.280. The number of aliphatic carboxylic acids is 1. The summed E-state index contributed by atoms with van der Waals surface area (Å²) in [5.74, 6) is -2.31. The molecule has 0 bridgehead atoms. The highest BCUT2D eigenvalue weighted by Crippen LogP contribution is 2.35. The van der Waals surface area contributed by atoms with Crippen molar-refractivity contribution in [3.05, 3.63) is 79.4 Å². The Kier molecular flexibility index (Phi) is 8.17. The summed E-state index contributed by atoms with van der Waals surface area (Å²) in [5, 5.41) is 12.6. The highest BCUT2D eigenvalue weighted by atomic mass is 35.5. The molecule has 200 valence electrons. The van der Waals surface area contributed by atoms with Gasteiger partial charge in [0.25, 0.3) is 11.8 Å². The van der Waals surface area contributed by atoms with E-state index in [1.54, 1.807) is 35.2 Å². The lowest BCUT2D eigenvalue weighted by Gasteiger charge is -2.30. The molecule has 9 nitrogen and oxygen atoms in total. The van der Waals surface area contributed by atoms with Crippen LogP contribution in [0.1, 0.15) is 44.7 Å². The van der Waals surface area contributed by atoms with Gasteiger partial charge in [-0.3, -0.25) is 9.59 Å². The summed E-state index contributed by atoms with van der Waals surface area (Å²) in [7, 11) is -3.51. The fourth-order valence-corrected chi connectivity index (χ4v) is 5.83. The van der Waals surface area contributed by atoms with Crippen LogP contribution in [0.3, 0.4) is 0 Å². The molecule has 38 heavy (non-hydrogen) atoms. The van der Waals surface area contributed by atoms with Gasteiger partial charge in [-0.2, -0.15) is 0 Å². The standard InChI is InChI=1S/C25H22Cl3N3O6S/c1-38(36,37)20-7-6-16(29-20)11-19(25(34)35)30-23(32)21-18(27)10-14-12-31(9-8-17(14)22(21)28)24(33)13-2-4-15(26)5-3-13/h2-6,10,19H,7-9,11-12H2,1H3,(H,30,32)(H,34,35)/t19-/m0/s1. The van der Waals surface area contributed by atoms with Crippen molar-refractivity contribution >= 4 is 67.5 Å². The van der Waals surface area contributed by atoms with E-state index in [9.17, 15) is 27.9 Å². The highest BCUT2D eigenvalue weighted by molar-refractivity contribution is 8.05. The summed E-state index contributed by atoms with van der Waals surface area (Å²) >= 11 is 18.9. The van der Waals surface area contributed by atoms with Gasteiger partial charge in [-0.25, -0.2) is 18.2 Å². The average molecular weight is 599 g/mol. The fourth-order valence-electron chi connectivity index (χ4n) is 4.27. The van der Waals surface area contributed by atoms with Crippen LogP contribution in [0.4, 0.5) is 0 Å². The summed E-state index contributed by atoms with van der Waals surface area (Å²) < 4.78 is 23.4. The van der Waals surface area contributed by atoms with Crippen molar-refractivity contribution in [2.45, 2.75) is 31.8 Å². The van der Waals surface area contributed by atoms with E-state index in [4.69, 9.17) is 34.8 Å². The first-order chi connectivity index (χ1) is 17.8. The Morgan fingerprint density at radius 2 is 1.84 bits per heavy atom. The number of hydrogen-bond acceptors (Lipinski definition) is 6. The Hall–Kier alpha value is -2.92. The molecule has 2 heterocycles. The molecule has 2 N–H and O–H groups in total. The number of carboxylic acid groups (broad SMARTS) is 1. The maximum absolute atomic E-state index is 13.1. The molecule has 1 atom stereocenters. The van der Waals surface area contributed by atoms with E-state index >= 15 is 0 Å². The van der Waals surface area contributed by atoms with Gasteiger partial charge in [0.2, 0.25) is 0 Å². The Balaban J connectivity index is 1.52. The molecule has 13 heteroatoms. The van der Waals surface area contributed by atoms with Crippen LogP contribution in [0.2, 0.25) is 15.1 Å². The zero-order chi connectivity index (χ0) is 27.8. The van der Waals surface area contributed by atoms with E-state index in [0.717, 1.165) is 6.26 Å². The van der Waals surface area contributed by atoms with Gasteiger partial charge in [0, 0.05) is 48.5 Å². The molecule has 4 rings (SSSR count). The summed E-state index contributed by atoms with van der Waals surface area (Å²) in [6.07, 6.45) is 2.74. The van der Waals surface area contributed by atoms with E-state index in [1.165, 1.54) is 6.08 Å². The molecule has 2 aliphatic rings. The van der Waals surface area contributed by atoms with Crippen LogP contribution in [0.5, 0.6) is 0 Å². The molecule has 0 fully saturated rings. The number of carbonyl (C=O) groups excluding carboxylic acids is 2. The minimum atomic E-state index is -3.51. The van der Waals surface area contributed by atoms with Gasteiger partial charge < -0.3 is 15.3 Å². The predicted octanol–water partition coefficient (Wildman–Crippen LogP) is 4.15. The minimum absolute atomic E-state index is 0.00801. The van der Waals surface area contributed by atoms with Gasteiger partial charge in [-0.05, 0) is 47.9 Å². The lowest BCUT2D eigenvalue weighted by Crippen LogP contribution is -2.41. The number of allylic oxidation sites excluding steroid dienone is 1. The average Bonchev–Trinajstić information content (AvgIpc) is 3.32. The number of amides is 2. The van der Waals surface area contributed by atoms with Crippen molar-refractivity contribution in [1.82, 2.24) is 10.2 Å². The van der Waals surface area contributed by atoms with E-state index in [0.29, 0.717) is 34.7 Å². The second-order valence-electron chi connectivity index (χ2n) is 8.91. The number of sulfone groups is 1. The van der Waals surface area contributed by atoms with Crippen LogP contribution in [-0.4, -0.2) is 60.1 Å². The van der Waals surface area contributed by atoms with Gasteiger partial charge >= 0.3 is 5.97 Å². The number of benzene rings is 2. The van der Waals surface area contributed by atoms with Crippen molar-refractivity contribution in [3.63, 3.8) is 0 Å². The summed E-state index contributed by atoms with van der Waals surface area (Å²) in [6.45, 7) is 0.578. The van der Waals surface area contributed by atoms with Crippen molar-refractivity contribution < 1.29 is 27.9 Å². The van der Waals surface area contributed by atoms with Crippen molar-refractivity contribution in [2.75, 3.05) is 12.8 Å². The zero-order valence-electron chi connectivity index (χ0n) is 20.0. The molecule has 2 aromatic carbocycles. The first-order valence-corrected chi connectivity index (χ1v) is 14.4. The maximum Gasteiger partial charge on any atom is 0.326 e. The molecular weight excluding hydrogens is 577 g/mol. The van der Waals surface area contributed by atoms with Gasteiger partial charge in [0.1, 0.15) is 11.1 Å². The van der Waals surface area contributed by atoms with Gasteiger partial charge in [-0.1, -0.05) is 40.9 Å². The third kappa shape index (κ3) is 6.04. The summed E-state index contributed by atoms with van der Waals surface area (Å²) in [6, 6.07) is 6.71. The van der Waals surface area contributed by atoms with Crippen LogP contribution in [0, 0.1) is 0 Å². The van der Waals surface area contributed by atoms with E-state index in [1.807, 2.05) is 0 Å². The number of carboxylic acids is 1. The smallest absolute Gasteiger partial charge is 0.326 e. The number of fused-ring (bicyclic) bond motifs is 1. The molecular formula is C25H22Cl3N3O6S. The molecule has 2 aliphatic heterocycles. The summed E-state index contributed by atoms with van der Waals surface area (Å²) in [5.41, 5.74) is 1.98. The number of nitrogens with zero attached hydrogens (tertiary/aromatic N) is 2. The van der Waals surface area contributed by atoms with Gasteiger partial charge in [-0.15, -0.1) is 0 Å². The Morgan fingerprint density at radius 3 is 2.45 bits per heavy atom. The topological polar surface area (TPSA) is 133 Å². The molecule has 2 amide bonds. The summed E-state index contributed by atoms with van der Waals surface area (Å²) in [4.78, 5) is 43.5. The first kappa shape index (κ1) is 28.1. The number of hydrogen-bond donors (Lipinski definition) is 2. The maximum atomic E-state index is 13.1. The molecule has 0 radical (unpaired) electrons. The molecule has 0 aromatic heterocycles. The minimum Gasteiger partial charge on any atom is -0.480 e. The number of aliphatic imine (C=N–C) groups is 1. The quantitative estimate of drug-likeness (QED) is 0.513. The molecule has 0 unspecified atom stereocenters. The number of halogens is 3.